The fraction of sp³-hybridized carbons (Fsp3) is 0.333. The van der Waals surface area contributed by atoms with Gasteiger partial charge in [-0.3, -0.25) is 14.9 Å². The van der Waals surface area contributed by atoms with E-state index in [1.165, 1.54) is 6.07 Å². The molecule has 92 valence electrons. The second-order valence-corrected chi connectivity index (χ2v) is 4.10. The molecule has 1 saturated heterocycles. The minimum atomic E-state index is -0.493. The Bertz CT molecular complexity index is 538. The lowest BCUT2D eigenvalue weighted by Gasteiger charge is -2.27. The van der Waals surface area contributed by atoms with E-state index in [1.807, 2.05) is 11.0 Å². The molecule has 0 bridgehead atoms. The fourth-order valence-corrected chi connectivity index (χ4v) is 2.00. The van der Waals surface area contributed by atoms with Gasteiger partial charge >= 0.3 is 0 Å². The lowest BCUT2D eigenvalue weighted by molar-refractivity contribution is -0.384. The highest BCUT2D eigenvalue weighted by atomic mass is 16.6. The monoisotopic (exact) mass is 245 g/mol. The van der Waals surface area contributed by atoms with Gasteiger partial charge in [0.15, 0.2) is 0 Å². The van der Waals surface area contributed by atoms with Crippen LogP contribution in [0, 0.1) is 21.4 Å². The first-order valence-electron chi connectivity index (χ1n) is 5.57. The number of nitro benzene ring substituents is 1. The molecule has 1 fully saturated rings. The summed E-state index contributed by atoms with van der Waals surface area (Å²) in [6, 6.07) is 6.28. The molecular formula is C12H11N3O3. The number of carbonyl (C=O) groups is 1. The summed E-state index contributed by atoms with van der Waals surface area (Å²) >= 11 is 0. The number of piperidine rings is 1. The average Bonchev–Trinajstić information content (AvgIpc) is 2.39. The molecule has 0 unspecified atom stereocenters. The van der Waals surface area contributed by atoms with E-state index in [-0.39, 0.29) is 17.0 Å². The molecule has 6 nitrogen and oxygen atoms in total. The molecule has 18 heavy (non-hydrogen) atoms. The molecule has 6 heteroatoms. The van der Waals surface area contributed by atoms with E-state index >= 15 is 0 Å². The SMILES string of the molecule is N#Cc1ccc(N2CCC(=O)CC2)c([N+](=O)[O-])c1. The molecule has 1 aromatic carbocycles. The van der Waals surface area contributed by atoms with Crippen molar-refractivity contribution in [3.8, 4) is 6.07 Å². The highest BCUT2D eigenvalue weighted by Crippen LogP contribution is 2.30. The number of nitro groups is 1. The van der Waals surface area contributed by atoms with Crippen LogP contribution in [0.1, 0.15) is 18.4 Å². The Morgan fingerprint density at radius 1 is 1.33 bits per heavy atom. The molecule has 0 aromatic heterocycles. The number of ketones is 1. The summed E-state index contributed by atoms with van der Waals surface area (Å²) in [5.74, 6) is 0.183. The number of hydrogen-bond donors (Lipinski definition) is 0. The van der Waals surface area contributed by atoms with Crippen molar-refractivity contribution in [2.45, 2.75) is 12.8 Å². The Balaban J connectivity index is 2.35. The normalized spacial score (nSPS) is 15.3. The second kappa shape index (κ2) is 4.84. The molecule has 0 atom stereocenters. The summed E-state index contributed by atoms with van der Waals surface area (Å²) in [4.78, 5) is 23.5. The van der Waals surface area contributed by atoms with Crippen molar-refractivity contribution in [2.75, 3.05) is 18.0 Å². The number of nitriles is 1. The highest BCUT2D eigenvalue weighted by Gasteiger charge is 2.23. The molecule has 1 aliphatic rings. The molecule has 0 aliphatic carbocycles. The van der Waals surface area contributed by atoms with Gasteiger partial charge in [0.05, 0.1) is 16.6 Å². The molecule has 0 amide bonds. The second-order valence-electron chi connectivity index (χ2n) is 4.10. The van der Waals surface area contributed by atoms with Gasteiger partial charge in [-0.2, -0.15) is 5.26 Å². The number of nitrogens with zero attached hydrogens (tertiary/aromatic N) is 3. The van der Waals surface area contributed by atoms with Crippen molar-refractivity contribution in [1.29, 1.82) is 5.26 Å². The van der Waals surface area contributed by atoms with Crippen molar-refractivity contribution in [3.63, 3.8) is 0 Å². The summed E-state index contributed by atoms with van der Waals surface area (Å²) in [6.07, 6.45) is 0.828. The van der Waals surface area contributed by atoms with Crippen LogP contribution >= 0.6 is 0 Å². The maximum atomic E-state index is 11.2. The molecule has 1 aromatic rings. The lowest BCUT2D eigenvalue weighted by atomic mass is 10.1. The number of anilines is 1. The Morgan fingerprint density at radius 2 is 2.00 bits per heavy atom. The van der Waals surface area contributed by atoms with Gasteiger partial charge in [0.1, 0.15) is 11.5 Å². The van der Waals surface area contributed by atoms with Gasteiger partial charge < -0.3 is 4.90 Å². The van der Waals surface area contributed by atoms with Crippen LogP contribution in [-0.2, 0) is 4.79 Å². The van der Waals surface area contributed by atoms with Crippen LogP contribution in [0.3, 0.4) is 0 Å². The van der Waals surface area contributed by atoms with Crippen molar-refractivity contribution in [1.82, 2.24) is 0 Å². The maximum Gasteiger partial charge on any atom is 0.293 e. The summed E-state index contributed by atoms with van der Waals surface area (Å²) in [5, 5.41) is 19.7. The van der Waals surface area contributed by atoms with Crippen LogP contribution in [0.4, 0.5) is 11.4 Å². The molecule has 0 spiro atoms. The molecule has 0 N–H and O–H groups in total. The summed E-state index contributed by atoms with van der Waals surface area (Å²) in [5.41, 5.74) is 0.661. The standard InChI is InChI=1S/C12H11N3O3/c13-8-9-1-2-11(12(7-9)15(17)18)14-5-3-10(16)4-6-14/h1-2,7H,3-6H2. The van der Waals surface area contributed by atoms with Gasteiger partial charge in [-0.1, -0.05) is 0 Å². The molecule has 2 rings (SSSR count). The van der Waals surface area contributed by atoms with E-state index < -0.39 is 4.92 Å². The van der Waals surface area contributed by atoms with Crippen LogP contribution in [0.2, 0.25) is 0 Å². The Kier molecular flexibility index (Phi) is 3.24. The van der Waals surface area contributed by atoms with Gasteiger partial charge in [-0.05, 0) is 12.1 Å². The van der Waals surface area contributed by atoms with E-state index in [4.69, 9.17) is 5.26 Å². The predicted octanol–water partition coefficient (Wildman–Crippen LogP) is 1.64. The minimum Gasteiger partial charge on any atom is -0.365 e. The summed E-state index contributed by atoms with van der Waals surface area (Å²) in [7, 11) is 0. The van der Waals surface area contributed by atoms with Crippen LogP contribution in [0.15, 0.2) is 18.2 Å². The summed E-state index contributed by atoms with van der Waals surface area (Å²) < 4.78 is 0. The minimum absolute atomic E-state index is 0.0802. The zero-order valence-corrected chi connectivity index (χ0v) is 9.63. The predicted molar refractivity (Wildman–Crippen MR) is 64.3 cm³/mol. The highest BCUT2D eigenvalue weighted by molar-refractivity contribution is 5.81. The van der Waals surface area contributed by atoms with E-state index in [0.717, 1.165) is 0 Å². The average molecular weight is 245 g/mol. The third-order valence-corrected chi connectivity index (χ3v) is 2.96. The van der Waals surface area contributed by atoms with Gasteiger partial charge in [-0.25, -0.2) is 0 Å². The van der Waals surface area contributed by atoms with Crippen LogP contribution < -0.4 is 4.90 Å². The van der Waals surface area contributed by atoms with Crippen LogP contribution in [-0.4, -0.2) is 23.8 Å². The number of benzene rings is 1. The first-order valence-corrected chi connectivity index (χ1v) is 5.57. The maximum absolute atomic E-state index is 11.2. The van der Waals surface area contributed by atoms with E-state index in [9.17, 15) is 14.9 Å². The Labute approximate surface area is 104 Å². The molecular weight excluding hydrogens is 234 g/mol. The quantitative estimate of drug-likeness (QED) is 0.583. The number of hydrogen-bond acceptors (Lipinski definition) is 5. The molecule has 1 aliphatic heterocycles. The first kappa shape index (κ1) is 12.0. The van der Waals surface area contributed by atoms with Gasteiger partial charge in [0.25, 0.3) is 5.69 Å². The third kappa shape index (κ3) is 2.30. The summed E-state index contributed by atoms with van der Waals surface area (Å²) in [6.45, 7) is 0.983. The number of rotatable bonds is 2. The van der Waals surface area contributed by atoms with Crippen molar-refractivity contribution < 1.29 is 9.72 Å². The number of Topliss-reactive ketones (excluding diaryl/α,β-unsaturated/α-hetero) is 1. The fourth-order valence-electron chi connectivity index (χ4n) is 2.00. The smallest absolute Gasteiger partial charge is 0.293 e. The van der Waals surface area contributed by atoms with Crippen LogP contribution in [0.25, 0.3) is 0 Å². The van der Waals surface area contributed by atoms with E-state index in [0.29, 0.717) is 31.6 Å². The van der Waals surface area contributed by atoms with Crippen molar-refractivity contribution in [3.05, 3.63) is 33.9 Å². The Morgan fingerprint density at radius 3 is 2.56 bits per heavy atom. The first-order chi connectivity index (χ1) is 8.61. The Hall–Kier alpha value is -2.42. The third-order valence-electron chi connectivity index (χ3n) is 2.96. The largest absolute Gasteiger partial charge is 0.365 e. The zero-order chi connectivity index (χ0) is 13.1. The van der Waals surface area contributed by atoms with Gasteiger partial charge in [0.2, 0.25) is 0 Å². The van der Waals surface area contributed by atoms with Crippen LogP contribution in [0.5, 0.6) is 0 Å². The van der Waals surface area contributed by atoms with E-state index in [2.05, 4.69) is 0 Å². The molecule has 0 radical (unpaired) electrons. The lowest BCUT2D eigenvalue weighted by Crippen LogP contribution is -2.34. The van der Waals surface area contributed by atoms with Crippen molar-refractivity contribution in [2.24, 2.45) is 0 Å². The zero-order valence-electron chi connectivity index (χ0n) is 9.63. The molecule has 1 heterocycles. The number of carbonyl (C=O) groups excluding carboxylic acids is 1. The molecule has 0 saturated carbocycles. The van der Waals surface area contributed by atoms with Crippen molar-refractivity contribution >= 4 is 17.2 Å². The van der Waals surface area contributed by atoms with Gasteiger partial charge in [-0.15, -0.1) is 0 Å². The topological polar surface area (TPSA) is 87.2 Å². The van der Waals surface area contributed by atoms with E-state index in [1.54, 1.807) is 12.1 Å². The van der Waals surface area contributed by atoms with Gasteiger partial charge in [0, 0.05) is 32.0 Å².